The summed E-state index contributed by atoms with van der Waals surface area (Å²) in [5.41, 5.74) is 10.2. The van der Waals surface area contributed by atoms with Crippen molar-refractivity contribution in [3.63, 3.8) is 0 Å². The zero-order chi connectivity index (χ0) is 39.8. The number of ether oxygens (including phenoxy) is 1. The highest BCUT2D eigenvalue weighted by Crippen LogP contribution is 2.59. The lowest BCUT2D eigenvalue weighted by atomic mass is 9.75. The Morgan fingerprint density at radius 1 is 0.586 bits per heavy atom. The lowest BCUT2D eigenvalue weighted by Crippen LogP contribution is -2.35. The molecule has 0 saturated carbocycles. The molecular formula is C53H44F3NO. The Balaban J connectivity index is 1.13. The van der Waals surface area contributed by atoms with Crippen molar-refractivity contribution in [2.45, 2.75) is 69.6 Å². The maximum absolute atomic E-state index is 14.1. The largest absolute Gasteiger partial charge is 0.472 e. The number of alkyl halides is 3. The molecule has 0 N–H and O–H groups in total. The number of nitrogens with zero attached hydrogens (tertiary/aromatic N) is 1. The molecular weight excluding hydrogens is 724 g/mol. The number of halogens is 3. The Bertz CT molecular complexity index is 2890. The molecule has 11 rings (SSSR count). The molecule has 2 nitrogen and oxygen atoms in total. The van der Waals surface area contributed by atoms with Crippen molar-refractivity contribution in [1.29, 1.82) is 0 Å². The minimum atomic E-state index is -4.44. The lowest BCUT2D eigenvalue weighted by Gasteiger charge is -2.39. The fourth-order valence-electron chi connectivity index (χ4n) is 10.8. The van der Waals surface area contributed by atoms with Gasteiger partial charge >= 0.3 is 6.18 Å². The molecule has 1 fully saturated rings. The molecule has 2 heterocycles. The van der Waals surface area contributed by atoms with E-state index in [0.717, 1.165) is 63.0 Å². The van der Waals surface area contributed by atoms with E-state index in [1.807, 2.05) is 26.0 Å². The molecule has 1 saturated heterocycles. The van der Waals surface area contributed by atoms with Crippen LogP contribution >= 0.6 is 0 Å². The average Bonchev–Trinajstić information content (AvgIpc) is 3.61. The van der Waals surface area contributed by atoms with E-state index in [9.17, 15) is 13.2 Å². The van der Waals surface area contributed by atoms with Crippen LogP contribution in [-0.2, 0) is 22.6 Å². The van der Waals surface area contributed by atoms with Gasteiger partial charge in [0, 0.05) is 51.7 Å². The molecule has 7 aromatic rings. The van der Waals surface area contributed by atoms with Crippen LogP contribution in [0, 0.1) is 0 Å². The van der Waals surface area contributed by atoms with E-state index >= 15 is 0 Å². The maximum atomic E-state index is 14.1. The highest BCUT2D eigenvalue weighted by Gasteiger charge is 2.46. The van der Waals surface area contributed by atoms with Crippen molar-refractivity contribution in [2.75, 3.05) is 18.0 Å². The molecule has 2 aliphatic carbocycles. The van der Waals surface area contributed by atoms with E-state index in [1.54, 1.807) is 6.07 Å². The number of fused-ring (bicyclic) bond motifs is 12. The number of hydrogen-bond donors (Lipinski definition) is 0. The van der Waals surface area contributed by atoms with Crippen molar-refractivity contribution in [2.24, 2.45) is 0 Å². The predicted octanol–water partition coefficient (Wildman–Crippen LogP) is 14.0. The third kappa shape index (κ3) is 4.91. The van der Waals surface area contributed by atoms with Crippen LogP contribution in [0.3, 0.4) is 0 Å². The first-order valence-electron chi connectivity index (χ1n) is 20.6. The summed E-state index contributed by atoms with van der Waals surface area (Å²) in [5.74, 6) is 0.753. The van der Waals surface area contributed by atoms with Crippen molar-refractivity contribution < 1.29 is 17.9 Å². The molecule has 0 bridgehead atoms. The molecule has 2 aliphatic heterocycles. The summed E-state index contributed by atoms with van der Waals surface area (Å²) >= 11 is 0. The van der Waals surface area contributed by atoms with Gasteiger partial charge in [0.2, 0.25) is 0 Å². The lowest BCUT2D eigenvalue weighted by molar-refractivity contribution is -0.137. The SMILES string of the molecule is CC1(C)c2cc(C3(c4ccc(N5CCCCC5)cc4)C=Cc4c5c(c6ccccc6c4O3)-c3ccc(C(F)(F)F)cc3C5(C)C)ccc2-c2cc3ccccc3cc21. The van der Waals surface area contributed by atoms with E-state index in [2.05, 4.69) is 122 Å². The van der Waals surface area contributed by atoms with Gasteiger partial charge in [0.25, 0.3) is 0 Å². The van der Waals surface area contributed by atoms with E-state index in [-0.39, 0.29) is 5.41 Å². The molecule has 4 aliphatic rings. The summed E-state index contributed by atoms with van der Waals surface area (Å²) in [7, 11) is 0. The number of benzene rings is 7. The molecule has 0 radical (unpaired) electrons. The fraction of sp³-hybridized carbons (Fsp3) is 0.245. The second-order valence-electron chi connectivity index (χ2n) is 17.8. The van der Waals surface area contributed by atoms with Gasteiger partial charge in [0.15, 0.2) is 5.60 Å². The first kappa shape index (κ1) is 35.4. The van der Waals surface area contributed by atoms with Crippen molar-refractivity contribution >= 4 is 33.3 Å². The second kappa shape index (κ2) is 12.1. The quantitative estimate of drug-likeness (QED) is 0.178. The zero-order valence-electron chi connectivity index (χ0n) is 33.2. The first-order valence-corrected chi connectivity index (χ1v) is 20.6. The van der Waals surface area contributed by atoms with Gasteiger partial charge in [-0.15, -0.1) is 0 Å². The van der Waals surface area contributed by atoms with E-state index in [1.165, 1.54) is 70.1 Å². The van der Waals surface area contributed by atoms with Gasteiger partial charge in [-0.1, -0.05) is 113 Å². The number of rotatable bonds is 3. The van der Waals surface area contributed by atoms with Crippen LogP contribution in [-0.4, -0.2) is 13.1 Å². The van der Waals surface area contributed by atoms with Gasteiger partial charge in [0.1, 0.15) is 5.75 Å². The fourth-order valence-corrected chi connectivity index (χ4v) is 10.8. The third-order valence-electron chi connectivity index (χ3n) is 13.9. The van der Waals surface area contributed by atoms with Crippen LogP contribution in [0.4, 0.5) is 18.9 Å². The minimum absolute atomic E-state index is 0.251. The number of piperidine rings is 1. The van der Waals surface area contributed by atoms with E-state index in [0.29, 0.717) is 5.56 Å². The van der Waals surface area contributed by atoms with Gasteiger partial charge in [-0.3, -0.25) is 0 Å². The van der Waals surface area contributed by atoms with Crippen LogP contribution in [0.2, 0.25) is 0 Å². The Kier molecular flexibility index (Phi) is 7.38. The van der Waals surface area contributed by atoms with Crippen LogP contribution in [0.15, 0.2) is 127 Å². The zero-order valence-corrected chi connectivity index (χ0v) is 33.2. The minimum Gasteiger partial charge on any atom is -0.472 e. The van der Waals surface area contributed by atoms with Crippen molar-refractivity contribution in [3.8, 4) is 28.0 Å². The number of anilines is 1. The number of hydrogen-bond acceptors (Lipinski definition) is 2. The summed E-state index contributed by atoms with van der Waals surface area (Å²) in [6.07, 6.45) is 3.63. The monoisotopic (exact) mass is 767 g/mol. The topological polar surface area (TPSA) is 12.5 Å². The van der Waals surface area contributed by atoms with Crippen LogP contribution < -0.4 is 9.64 Å². The van der Waals surface area contributed by atoms with E-state index in [4.69, 9.17) is 4.74 Å². The summed E-state index contributed by atoms with van der Waals surface area (Å²) in [6, 6.07) is 41.6. The third-order valence-corrected chi connectivity index (χ3v) is 13.9. The Labute approximate surface area is 337 Å². The molecule has 288 valence electrons. The van der Waals surface area contributed by atoms with Gasteiger partial charge in [-0.25, -0.2) is 0 Å². The summed E-state index contributed by atoms with van der Waals surface area (Å²) in [6.45, 7) is 10.9. The van der Waals surface area contributed by atoms with Gasteiger partial charge in [-0.2, -0.15) is 13.2 Å². The molecule has 1 unspecified atom stereocenters. The molecule has 0 amide bonds. The Hall–Kier alpha value is -5.81. The van der Waals surface area contributed by atoms with Gasteiger partial charge in [0.05, 0.1) is 5.56 Å². The molecule has 0 aromatic heterocycles. The summed E-state index contributed by atoms with van der Waals surface area (Å²) in [4.78, 5) is 2.48. The standard InChI is InChI=1S/C53H44F3NO/c1-50(2)44-29-33-13-7-6-12-32(33)28-43(44)38-22-18-35(30-45(38)50)52(34-16-20-37(21-17-34)57-26-10-5-11-27-57)25-24-42-48-47(39-14-8-9-15-40(39)49(42)58-52)41-23-19-36(53(54,55)56)31-46(41)51(48,3)4/h6-9,12-25,28-31H,5,10-11,26-27H2,1-4H3. The molecule has 7 aromatic carbocycles. The van der Waals surface area contributed by atoms with Crippen molar-refractivity contribution in [3.05, 3.63) is 172 Å². The van der Waals surface area contributed by atoms with Crippen LogP contribution in [0.25, 0.3) is 49.9 Å². The van der Waals surface area contributed by atoms with Gasteiger partial charge in [-0.05, 0) is 128 Å². The highest BCUT2D eigenvalue weighted by molar-refractivity contribution is 6.08. The molecule has 0 spiro atoms. The second-order valence-corrected chi connectivity index (χ2v) is 17.8. The normalized spacial score (nSPS) is 19.7. The predicted molar refractivity (Wildman–Crippen MR) is 231 cm³/mol. The molecule has 1 atom stereocenters. The Morgan fingerprint density at radius 2 is 1.22 bits per heavy atom. The van der Waals surface area contributed by atoms with Crippen LogP contribution in [0.5, 0.6) is 5.75 Å². The average molecular weight is 768 g/mol. The Morgan fingerprint density at radius 3 is 1.97 bits per heavy atom. The molecule has 58 heavy (non-hydrogen) atoms. The smallest absolute Gasteiger partial charge is 0.416 e. The first-order chi connectivity index (χ1) is 27.9. The van der Waals surface area contributed by atoms with E-state index < -0.39 is 22.8 Å². The van der Waals surface area contributed by atoms with Crippen LogP contribution in [0.1, 0.15) is 91.5 Å². The summed E-state index contributed by atoms with van der Waals surface area (Å²) in [5, 5.41) is 4.39. The maximum Gasteiger partial charge on any atom is 0.416 e. The van der Waals surface area contributed by atoms with Crippen molar-refractivity contribution in [1.82, 2.24) is 0 Å². The molecule has 5 heteroatoms. The van der Waals surface area contributed by atoms with Gasteiger partial charge < -0.3 is 9.64 Å². The summed E-state index contributed by atoms with van der Waals surface area (Å²) < 4.78 is 50.1. The highest BCUT2D eigenvalue weighted by atomic mass is 19.4.